The molecule has 2 aliphatic rings. The number of anilines is 1. The summed E-state index contributed by atoms with van der Waals surface area (Å²) in [5, 5.41) is 12.4. The first-order valence-electron chi connectivity index (χ1n) is 19.1. The largest absolute Gasteiger partial charge is 0.573 e. The normalized spacial score (nSPS) is 18.1. The van der Waals surface area contributed by atoms with Crippen LogP contribution in [-0.4, -0.2) is 65.5 Å². The predicted octanol–water partition coefficient (Wildman–Crippen LogP) is 11.3. The molecule has 0 amide bonds. The molecule has 2 bridgehead atoms. The topological polar surface area (TPSA) is 140 Å². The number of halogens is 13. The highest BCUT2D eigenvalue weighted by atomic mass is 79.9. The Balaban J connectivity index is 0.000000235. The molecule has 64 heavy (non-hydrogen) atoms. The van der Waals surface area contributed by atoms with Gasteiger partial charge in [-0.3, -0.25) is 0 Å². The SMILES string of the molecule is CC(C)n1nc(Br)nc1Oc1ccc(OC(F)(F)F)c(C(F)(F)F)c1.Cc1noc(N2C[C@H]3CC[C@@H](C2)C3Cc2nc(Oc3ccc(OC(F)(F)F)c(C(F)(F)F)c3)n(C(C)C)n2)n1. The van der Waals surface area contributed by atoms with Gasteiger partial charge in [0.05, 0.1) is 12.1 Å². The van der Waals surface area contributed by atoms with E-state index in [0.29, 0.717) is 60.2 Å². The summed E-state index contributed by atoms with van der Waals surface area (Å²) in [6.07, 6.45) is -18.1. The van der Waals surface area contributed by atoms with E-state index in [9.17, 15) is 52.7 Å². The van der Waals surface area contributed by atoms with Gasteiger partial charge < -0.3 is 28.4 Å². The minimum absolute atomic E-state index is 0.0521. The summed E-state index contributed by atoms with van der Waals surface area (Å²) >= 11 is 3.01. The van der Waals surface area contributed by atoms with Crippen LogP contribution in [0.3, 0.4) is 0 Å². The van der Waals surface area contributed by atoms with Crippen LogP contribution in [0.15, 0.2) is 45.7 Å². The van der Waals surface area contributed by atoms with Crippen LogP contribution >= 0.6 is 15.9 Å². The summed E-state index contributed by atoms with van der Waals surface area (Å²) < 4.78 is 180. The van der Waals surface area contributed by atoms with Gasteiger partial charge in [-0.2, -0.15) is 46.4 Å². The number of fused-ring (bicyclic) bond motifs is 2. The Labute approximate surface area is 362 Å². The van der Waals surface area contributed by atoms with Crippen molar-refractivity contribution in [1.29, 1.82) is 0 Å². The van der Waals surface area contributed by atoms with Gasteiger partial charge in [0, 0.05) is 19.5 Å². The molecular formula is C37H36BrF12N9O5. The highest BCUT2D eigenvalue weighted by Crippen LogP contribution is 2.46. The Morgan fingerprint density at radius 2 is 1.16 bits per heavy atom. The van der Waals surface area contributed by atoms with Crippen molar-refractivity contribution in [2.24, 2.45) is 17.8 Å². The Kier molecular flexibility index (Phi) is 13.6. The van der Waals surface area contributed by atoms with Gasteiger partial charge in [-0.05, 0) is 118 Å². The molecule has 1 aliphatic carbocycles. The second-order valence-electron chi connectivity index (χ2n) is 15.2. The molecule has 7 rings (SSSR count). The second kappa shape index (κ2) is 18.2. The molecule has 14 nitrogen and oxygen atoms in total. The minimum atomic E-state index is -5.28. The van der Waals surface area contributed by atoms with Crippen LogP contribution in [0.5, 0.6) is 35.0 Å². The maximum Gasteiger partial charge on any atom is 0.573 e. The Morgan fingerprint density at radius 1 is 0.688 bits per heavy atom. The predicted molar refractivity (Wildman–Crippen MR) is 200 cm³/mol. The quantitative estimate of drug-likeness (QED) is 0.116. The first-order valence-corrected chi connectivity index (χ1v) is 19.8. The summed E-state index contributed by atoms with van der Waals surface area (Å²) in [7, 11) is 0. The van der Waals surface area contributed by atoms with Crippen LogP contribution in [0, 0.1) is 24.7 Å². The highest BCUT2D eigenvalue weighted by molar-refractivity contribution is 9.10. The third-order valence-corrected chi connectivity index (χ3v) is 10.1. The van der Waals surface area contributed by atoms with E-state index >= 15 is 0 Å². The fourth-order valence-electron chi connectivity index (χ4n) is 7.21. The van der Waals surface area contributed by atoms with E-state index in [2.05, 4.69) is 60.6 Å². The van der Waals surface area contributed by atoms with E-state index in [1.165, 1.54) is 9.36 Å². The zero-order valence-electron chi connectivity index (χ0n) is 33.9. The molecule has 3 aromatic heterocycles. The summed E-state index contributed by atoms with van der Waals surface area (Å²) in [4.78, 5) is 14.7. The molecule has 2 fully saturated rings. The number of aryl methyl sites for hydroxylation is 1. The highest BCUT2D eigenvalue weighted by Gasteiger charge is 2.45. The van der Waals surface area contributed by atoms with Gasteiger partial charge in [0.25, 0.3) is 0 Å². The van der Waals surface area contributed by atoms with Crippen LogP contribution < -0.4 is 23.8 Å². The monoisotopic (exact) mass is 993 g/mol. The maximum atomic E-state index is 13.5. The van der Waals surface area contributed by atoms with E-state index in [1.807, 2.05) is 0 Å². The number of hydrogen-bond donors (Lipinski definition) is 0. The van der Waals surface area contributed by atoms with Crippen molar-refractivity contribution in [2.75, 3.05) is 18.0 Å². The summed E-state index contributed by atoms with van der Waals surface area (Å²) in [6.45, 7) is 10.3. The maximum absolute atomic E-state index is 13.5. The Hall–Kier alpha value is -5.50. The lowest BCUT2D eigenvalue weighted by molar-refractivity contribution is -0.277. The number of benzene rings is 2. The first-order chi connectivity index (χ1) is 29.6. The molecule has 1 saturated heterocycles. The number of aromatic nitrogens is 8. The van der Waals surface area contributed by atoms with Crippen LogP contribution in [0.25, 0.3) is 0 Å². The van der Waals surface area contributed by atoms with Gasteiger partial charge in [0.1, 0.15) is 34.1 Å². The zero-order chi connectivity index (χ0) is 47.1. The molecule has 1 saturated carbocycles. The van der Waals surface area contributed by atoms with Crippen molar-refractivity contribution < 1.29 is 76.2 Å². The molecule has 0 radical (unpaired) electrons. The molecule has 5 aromatic rings. The number of rotatable bonds is 11. The molecule has 0 spiro atoms. The van der Waals surface area contributed by atoms with Crippen molar-refractivity contribution in [3.05, 3.63) is 63.9 Å². The number of piperidine rings is 1. The molecule has 1 aliphatic heterocycles. The Morgan fingerprint density at radius 3 is 1.58 bits per heavy atom. The lowest BCUT2D eigenvalue weighted by Crippen LogP contribution is -2.43. The average Bonchev–Trinajstić information content (AvgIpc) is 3.92. The van der Waals surface area contributed by atoms with E-state index in [-0.39, 0.29) is 46.3 Å². The molecular weight excluding hydrogens is 958 g/mol. The van der Waals surface area contributed by atoms with Gasteiger partial charge in [-0.1, -0.05) is 5.16 Å². The summed E-state index contributed by atoms with van der Waals surface area (Å²) in [6, 6.07) is 3.68. The van der Waals surface area contributed by atoms with Gasteiger partial charge >= 0.3 is 43.1 Å². The standard InChI is InChI=1S/C24H26F6N6O3.C13H10BrF6N3O2/c1-12(2)36-22(37-16-6-7-19(38-24(28,29)30)18(8-16)23(25,26)27)32-20(33-36)9-17-14-4-5-15(17)11-35(10-14)21-31-13(3)34-39-21;1-6(2)23-11(21-10(14)22-23)24-7-3-4-9(25-13(18,19)20)8(5-7)12(15,16)17/h6-8,12,14-15,17H,4-5,9-11H2,1-3H3;3-6H,1-2H3/t14-,15+,17?;. The number of hydrogen-bond acceptors (Lipinski definition) is 12. The fraction of sp³-hybridized carbons (Fsp3) is 0.514. The van der Waals surface area contributed by atoms with E-state index in [0.717, 1.165) is 38.1 Å². The fourth-order valence-corrected chi connectivity index (χ4v) is 7.53. The smallest absolute Gasteiger partial charge is 0.424 e. The zero-order valence-corrected chi connectivity index (χ0v) is 35.5. The van der Waals surface area contributed by atoms with Crippen LogP contribution in [0.2, 0.25) is 0 Å². The molecule has 27 heteroatoms. The number of alkyl halides is 12. The van der Waals surface area contributed by atoms with E-state index in [4.69, 9.17) is 14.0 Å². The third-order valence-electron chi connectivity index (χ3n) is 9.81. The molecule has 4 heterocycles. The summed E-state index contributed by atoms with van der Waals surface area (Å²) in [5.74, 6) is -1.43. The minimum Gasteiger partial charge on any atom is -0.424 e. The molecule has 1 unspecified atom stereocenters. The van der Waals surface area contributed by atoms with Crippen molar-refractivity contribution >= 4 is 21.9 Å². The molecule has 3 atom stereocenters. The molecule has 350 valence electrons. The molecule has 2 aromatic carbocycles. The van der Waals surface area contributed by atoms with Gasteiger partial charge in [0.2, 0.25) is 4.73 Å². The van der Waals surface area contributed by atoms with Crippen molar-refractivity contribution in [3.63, 3.8) is 0 Å². The lowest BCUT2D eigenvalue weighted by atomic mass is 9.82. The number of nitrogens with zero attached hydrogens (tertiary/aromatic N) is 9. The van der Waals surface area contributed by atoms with Gasteiger partial charge in [0.15, 0.2) is 11.6 Å². The first kappa shape index (κ1) is 48.0. The summed E-state index contributed by atoms with van der Waals surface area (Å²) in [5.41, 5.74) is -3.25. The van der Waals surface area contributed by atoms with Gasteiger partial charge in [-0.15, -0.1) is 31.4 Å². The average molecular weight is 995 g/mol. The number of ether oxygens (including phenoxy) is 4. The van der Waals surface area contributed by atoms with Crippen molar-refractivity contribution in [3.8, 4) is 35.0 Å². The van der Waals surface area contributed by atoms with Crippen LogP contribution in [0.1, 0.15) is 75.4 Å². The van der Waals surface area contributed by atoms with Crippen LogP contribution in [0.4, 0.5) is 58.7 Å². The van der Waals surface area contributed by atoms with E-state index in [1.54, 1.807) is 34.6 Å². The third kappa shape index (κ3) is 12.0. The van der Waals surface area contributed by atoms with Crippen molar-refractivity contribution in [2.45, 2.75) is 91.0 Å². The second-order valence-corrected chi connectivity index (χ2v) is 15.9. The van der Waals surface area contributed by atoms with Crippen LogP contribution in [-0.2, 0) is 18.8 Å². The lowest BCUT2D eigenvalue weighted by Gasteiger charge is -2.36. The van der Waals surface area contributed by atoms with Gasteiger partial charge in [-0.25, -0.2) is 9.36 Å². The van der Waals surface area contributed by atoms with Crippen molar-refractivity contribution in [1.82, 2.24) is 39.7 Å². The van der Waals surface area contributed by atoms with E-state index < -0.39 is 47.7 Å². The molecule has 0 N–H and O–H groups in total. The Bertz CT molecular complexity index is 2380.